The van der Waals surface area contributed by atoms with Crippen molar-refractivity contribution in [1.29, 1.82) is 5.26 Å². The molecule has 3 heterocycles. The molecule has 0 atom stereocenters. The Kier molecular flexibility index (Phi) is 6.61. The van der Waals surface area contributed by atoms with Gasteiger partial charge in [0.05, 0.1) is 57.2 Å². The Bertz CT molecular complexity index is 3420. The molecule has 0 bridgehead atoms. The molecule has 11 aromatic rings. The van der Waals surface area contributed by atoms with Crippen LogP contribution in [0.1, 0.15) is 5.56 Å². The summed E-state index contributed by atoms with van der Waals surface area (Å²) in [5.74, 6) is 0. The fourth-order valence-electron chi connectivity index (χ4n) is 8.82. The van der Waals surface area contributed by atoms with Crippen LogP contribution in [0.4, 0.5) is 5.69 Å². The van der Waals surface area contributed by atoms with E-state index in [2.05, 4.69) is 170 Å². The largest absolute Gasteiger partial charge is 0.310 e. The van der Waals surface area contributed by atoms with E-state index >= 15 is 0 Å². The van der Waals surface area contributed by atoms with Crippen molar-refractivity contribution in [2.75, 3.05) is 0 Å². The summed E-state index contributed by atoms with van der Waals surface area (Å²) in [7, 11) is 0. The van der Waals surface area contributed by atoms with Crippen molar-refractivity contribution in [3.63, 3.8) is 0 Å². The molecule has 11 rings (SSSR count). The molecule has 0 N–H and O–H groups in total. The molecule has 8 aromatic carbocycles. The molecule has 3 aromatic heterocycles. The van der Waals surface area contributed by atoms with Crippen molar-refractivity contribution in [3.05, 3.63) is 193 Å². The van der Waals surface area contributed by atoms with E-state index in [4.69, 9.17) is 6.57 Å². The van der Waals surface area contributed by atoms with Crippen molar-refractivity contribution in [2.45, 2.75) is 0 Å². The van der Waals surface area contributed by atoms with Crippen LogP contribution in [0, 0.1) is 17.9 Å². The van der Waals surface area contributed by atoms with Crippen molar-refractivity contribution in [2.24, 2.45) is 0 Å². The Labute approximate surface area is 316 Å². The predicted molar refractivity (Wildman–Crippen MR) is 226 cm³/mol. The van der Waals surface area contributed by atoms with Gasteiger partial charge < -0.3 is 13.7 Å². The molecule has 0 aliphatic heterocycles. The van der Waals surface area contributed by atoms with Crippen LogP contribution in [-0.4, -0.2) is 13.7 Å². The molecule has 5 heteroatoms. The Hall–Kier alpha value is -7.86. The summed E-state index contributed by atoms with van der Waals surface area (Å²) in [4.78, 5) is 3.92. The number of benzene rings is 8. The van der Waals surface area contributed by atoms with E-state index in [1.54, 1.807) is 0 Å². The third kappa shape index (κ3) is 4.39. The molecule has 5 nitrogen and oxygen atoms in total. The summed E-state index contributed by atoms with van der Waals surface area (Å²) in [5, 5.41) is 17.0. The first-order valence-electron chi connectivity index (χ1n) is 18.3. The van der Waals surface area contributed by atoms with Crippen molar-refractivity contribution >= 4 is 71.1 Å². The minimum atomic E-state index is 0.583. The standard InChI is InChI=1S/C50H29N5/c1-52-41-18-12-24-47-50(41)40-17-6-11-23-46(40)54(47)44-21-9-4-15-36(44)38-27-25-32(31-51)29-48(38)55-45-22-10-5-16-37(45)39-28-26-33(30-49(39)55)53-42-19-7-2-13-34(42)35-14-3-8-20-43(35)53/h2-30H. The maximum absolute atomic E-state index is 10.3. The van der Waals surface area contributed by atoms with Gasteiger partial charge in [-0.05, 0) is 66.0 Å². The highest BCUT2D eigenvalue weighted by molar-refractivity contribution is 6.16. The molecule has 0 spiro atoms. The van der Waals surface area contributed by atoms with Gasteiger partial charge >= 0.3 is 0 Å². The van der Waals surface area contributed by atoms with E-state index in [1.165, 1.54) is 10.8 Å². The third-order valence-electron chi connectivity index (χ3n) is 11.1. The average Bonchev–Trinajstić information content (AvgIpc) is 3.89. The van der Waals surface area contributed by atoms with Crippen LogP contribution < -0.4 is 0 Å². The van der Waals surface area contributed by atoms with Gasteiger partial charge in [-0.25, -0.2) is 4.85 Å². The van der Waals surface area contributed by atoms with Gasteiger partial charge in [-0.1, -0.05) is 115 Å². The fourth-order valence-corrected chi connectivity index (χ4v) is 8.82. The Morgan fingerprint density at radius 2 is 0.945 bits per heavy atom. The summed E-state index contributed by atoms with van der Waals surface area (Å²) in [6, 6.07) is 63.7. The molecular weight excluding hydrogens is 671 g/mol. The average molecular weight is 700 g/mol. The van der Waals surface area contributed by atoms with Crippen LogP contribution in [0.5, 0.6) is 0 Å². The lowest BCUT2D eigenvalue weighted by Crippen LogP contribution is -2.02. The van der Waals surface area contributed by atoms with E-state index in [0.29, 0.717) is 11.3 Å². The minimum absolute atomic E-state index is 0.583. The van der Waals surface area contributed by atoms with Gasteiger partial charge in [-0.3, -0.25) is 0 Å². The third-order valence-corrected chi connectivity index (χ3v) is 11.1. The zero-order valence-electron chi connectivity index (χ0n) is 29.5. The number of aromatic nitrogens is 3. The zero-order valence-corrected chi connectivity index (χ0v) is 29.5. The number of nitrogens with zero attached hydrogens (tertiary/aromatic N) is 5. The molecular formula is C50H29N5. The van der Waals surface area contributed by atoms with Crippen LogP contribution in [0.3, 0.4) is 0 Å². The van der Waals surface area contributed by atoms with Crippen LogP contribution in [0.25, 0.3) is 98.5 Å². The van der Waals surface area contributed by atoms with Gasteiger partial charge in [0, 0.05) is 49.3 Å². The van der Waals surface area contributed by atoms with Crippen LogP contribution >= 0.6 is 0 Å². The van der Waals surface area contributed by atoms with Crippen LogP contribution in [0.2, 0.25) is 0 Å². The molecule has 0 fully saturated rings. The lowest BCUT2D eigenvalue weighted by atomic mass is 9.99. The number of nitriles is 1. The fraction of sp³-hybridized carbons (Fsp3) is 0. The summed E-state index contributed by atoms with van der Waals surface area (Å²) in [6.45, 7) is 8.00. The highest BCUT2D eigenvalue weighted by Crippen LogP contribution is 2.43. The summed E-state index contributed by atoms with van der Waals surface area (Å²) < 4.78 is 6.97. The first-order chi connectivity index (χ1) is 27.2. The van der Waals surface area contributed by atoms with E-state index in [1.807, 2.05) is 30.3 Å². The van der Waals surface area contributed by atoms with Gasteiger partial charge in [-0.2, -0.15) is 5.26 Å². The monoisotopic (exact) mass is 699 g/mol. The number of rotatable bonds is 4. The van der Waals surface area contributed by atoms with Crippen LogP contribution in [-0.2, 0) is 0 Å². The number of hydrogen-bond acceptors (Lipinski definition) is 1. The number of para-hydroxylation sites is 5. The molecule has 254 valence electrons. The summed E-state index contributed by atoms with van der Waals surface area (Å²) in [5.41, 5.74) is 12.6. The van der Waals surface area contributed by atoms with Crippen LogP contribution in [0.15, 0.2) is 176 Å². The van der Waals surface area contributed by atoms with E-state index < -0.39 is 0 Å². The first-order valence-corrected chi connectivity index (χ1v) is 18.3. The Morgan fingerprint density at radius 3 is 1.62 bits per heavy atom. The molecule has 0 radical (unpaired) electrons. The van der Waals surface area contributed by atoms with Crippen molar-refractivity contribution in [3.8, 4) is 34.3 Å². The normalized spacial score (nSPS) is 11.6. The van der Waals surface area contributed by atoms with E-state index in [9.17, 15) is 5.26 Å². The molecule has 0 aliphatic rings. The Morgan fingerprint density at radius 1 is 0.418 bits per heavy atom. The van der Waals surface area contributed by atoms with E-state index in [-0.39, 0.29) is 0 Å². The second-order valence-electron chi connectivity index (χ2n) is 13.9. The van der Waals surface area contributed by atoms with Gasteiger partial charge in [0.1, 0.15) is 0 Å². The van der Waals surface area contributed by atoms with Crippen molar-refractivity contribution < 1.29 is 0 Å². The second-order valence-corrected chi connectivity index (χ2v) is 13.9. The topological polar surface area (TPSA) is 42.9 Å². The molecule has 0 aliphatic carbocycles. The zero-order chi connectivity index (χ0) is 36.6. The first kappa shape index (κ1) is 30.7. The van der Waals surface area contributed by atoms with Gasteiger partial charge in [0.2, 0.25) is 0 Å². The minimum Gasteiger partial charge on any atom is -0.310 e. The van der Waals surface area contributed by atoms with E-state index in [0.717, 1.165) is 82.8 Å². The number of fused-ring (bicyclic) bond motifs is 9. The maximum Gasteiger partial charge on any atom is 0.197 e. The van der Waals surface area contributed by atoms with Gasteiger partial charge in [-0.15, -0.1) is 0 Å². The Balaban J connectivity index is 1.23. The highest BCUT2D eigenvalue weighted by atomic mass is 15.0. The molecule has 0 unspecified atom stereocenters. The number of hydrogen-bond donors (Lipinski definition) is 0. The molecule has 0 amide bonds. The molecule has 0 saturated carbocycles. The smallest absolute Gasteiger partial charge is 0.197 e. The quantitative estimate of drug-likeness (QED) is 0.169. The maximum atomic E-state index is 10.3. The summed E-state index contributed by atoms with van der Waals surface area (Å²) >= 11 is 0. The highest BCUT2D eigenvalue weighted by Gasteiger charge is 2.22. The van der Waals surface area contributed by atoms with Gasteiger partial charge in [0.15, 0.2) is 5.69 Å². The van der Waals surface area contributed by atoms with Crippen molar-refractivity contribution in [1.82, 2.24) is 13.7 Å². The molecule has 0 saturated heterocycles. The lowest BCUT2D eigenvalue weighted by molar-refractivity contribution is 1.15. The predicted octanol–water partition coefficient (Wildman–Crippen LogP) is 13.1. The second kappa shape index (κ2) is 11.8. The molecule has 55 heavy (non-hydrogen) atoms. The van der Waals surface area contributed by atoms with Gasteiger partial charge in [0.25, 0.3) is 0 Å². The summed E-state index contributed by atoms with van der Waals surface area (Å²) in [6.07, 6.45) is 0. The lowest BCUT2D eigenvalue weighted by Gasteiger charge is -2.19. The SMILES string of the molecule is [C-]#[N+]c1cccc2c1c1ccccc1n2-c1ccccc1-c1ccc(C#N)cc1-n1c2ccccc2c2ccc(-n3c4ccccc4c4ccccc43)cc21.